The van der Waals surface area contributed by atoms with Crippen LogP contribution in [-0.4, -0.2) is 23.0 Å². The van der Waals surface area contributed by atoms with Crippen molar-refractivity contribution in [3.63, 3.8) is 0 Å². The molecule has 0 aliphatic rings. The molecule has 0 aliphatic heterocycles. The van der Waals surface area contributed by atoms with Gasteiger partial charge in [-0.3, -0.25) is 0 Å². The molecular weight excluding hydrogens is 358 g/mol. The first kappa shape index (κ1) is 13.8. The summed E-state index contributed by atoms with van der Waals surface area (Å²) in [6, 6.07) is 4.16. The van der Waals surface area contributed by atoms with Gasteiger partial charge in [0, 0.05) is 11.4 Å². The molecule has 2 heterocycles. The van der Waals surface area contributed by atoms with Gasteiger partial charge in [0.05, 0.1) is 9.04 Å². The molecule has 0 radical (unpaired) electrons. The topological polar surface area (TPSA) is 51.8 Å². The molecule has 2 N–H and O–H groups in total. The molecule has 2 aromatic rings. The van der Waals surface area contributed by atoms with Crippen molar-refractivity contribution < 1.29 is 0 Å². The summed E-state index contributed by atoms with van der Waals surface area (Å²) in [5.41, 5.74) is 5.82. The Morgan fingerprint density at radius 3 is 2.65 bits per heavy atom. The number of thiophene rings is 1. The molecule has 8 heteroatoms. The van der Waals surface area contributed by atoms with Crippen LogP contribution < -0.4 is 5.73 Å². The second kappa shape index (κ2) is 6.53. The average Bonchev–Trinajstić information content (AvgIpc) is 2.94. The highest BCUT2D eigenvalue weighted by Crippen LogP contribution is 2.40. The Morgan fingerprint density at radius 1 is 1.35 bits per heavy atom. The largest absolute Gasteiger partial charge is 0.329 e. The van der Waals surface area contributed by atoms with E-state index < -0.39 is 0 Å². The first-order valence-electron chi connectivity index (χ1n) is 4.72. The number of rotatable bonds is 5. The van der Waals surface area contributed by atoms with Crippen molar-refractivity contribution in [3.05, 3.63) is 20.8 Å². The highest BCUT2D eigenvalue weighted by atomic mass is 79.9. The van der Waals surface area contributed by atoms with E-state index in [1.54, 1.807) is 46.2 Å². The van der Waals surface area contributed by atoms with Gasteiger partial charge in [0.1, 0.15) is 0 Å². The van der Waals surface area contributed by atoms with Crippen molar-refractivity contribution >= 4 is 62.1 Å². The van der Waals surface area contributed by atoms with Gasteiger partial charge in [0.25, 0.3) is 0 Å². The van der Waals surface area contributed by atoms with E-state index in [0.29, 0.717) is 6.54 Å². The van der Waals surface area contributed by atoms with Crippen molar-refractivity contribution in [2.45, 2.75) is 13.9 Å². The predicted molar refractivity (Wildman–Crippen MR) is 81.4 cm³/mol. The van der Waals surface area contributed by atoms with Crippen LogP contribution in [0.4, 0.5) is 0 Å². The van der Waals surface area contributed by atoms with Crippen LogP contribution in [0.3, 0.4) is 0 Å². The first-order valence-corrected chi connectivity index (χ1v) is 9.25. The van der Waals surface area contributed by atoms with Gasteiger partial charge in [0.2, 0.25) is 0 Å². The Morgan fingerprint density at radius 2 is 2.12 bits per heavy atom. The minimum atomic E-state index is 0.258. The van der Waals surface area contributed by atoms with Crippen molar-refractivity contribution in [3.8, 4) is 0 Å². The zero-order valence-electron chi connectivity index (χ0n) is 8.92. The van der Waals surface area contributed by atoms with Crippen molar-refractivity contribution in [2.24, 2.45) is 5.73 Å². The monoisotopic (exact) mass is 367 g/mol. The SMILES string of the molecule is CSc1nnc(SC(CN)c2ccc(Br)s2)s1. The first-order chi connectivity index (χ1) is 8.22. The lowest BCUT2D eigenvalue weighted by Gasteiger charge is -2.09. The Bertz CT molecular complexity index is 484. The lowest BCUT2D eigenvalue weighted by molar-refractivity contribution is 0.931. The third-order valence-corrected chi connectivity index (χ3v) is 7.06. The summed E-state index contributed by atoms with van der Waals surface area (Å²) in [6.07, 6.45) is 2.01. The van der Waals surface area contributed by atoms with Crippen LogP contribution in [0.15, 0.2) is 24.6 Å². The minimum absolute atomic E-state index is 0.258. The molecule has 17 heavy (non-hydrogen) atoms. The van der Waals surface area contributed by atoms with E-state index in [0.717, 1.165) is 12.5 Å². The molecule has 1 atom stereocenters. The summed E-state index contributed by atoms with van der Waals surface area (Å²) >= 11 is 10.1. The van der Waals surface area contributed by atoms with Gasteiger partial charge in [-0.1, -0.05) is 34.9 Å². The average molecular weight is 368 g/mol. The molecule has 1 unspecified atom stereocenters. The molecule has 2 aromatic heterocycles. The summed E-state index contributed by atoms with van der Waals surface area (Å²) in [5.74, 6) is 0. The van der Waals surface area contributed by atoms with Crippen LogP contribution in [0.1, 0.15) is 10.1 Å². The number of thioether (sulfide) groups is 2. The predicted octanol–water partition coefficient (Wildman–Crippen LogP) is 3.88. The summed E-state index contributed by atoms with van der Waals surface area (Å²) in [4.78, 5) is 1.27. The number of hydrogen-bond donors (Lipinski definition) is 1. The molecule has 0 amide bonds. The van der Waals surface area contributed by atoms with Crippen LogP contribution in [0, 0.1) is 0 Å². The highest BCUT2D eigenvalue weighted by molar-refractivity contribution is 9.11. The Labute approximate surface area is 125 Å². The van der Waals surface area contributed by atoms with Gasteiger partial charge >= 0.3 is 0 Å². The maximum Gasteiger partial charge on any atom is 0.175 e. The summed E-state index contributed by atoms with van der Waals surface area (Å²) in [7, 11) is 0. The smallest absolute Gasteiger partial charge is 0.175 e. The Kier molecular flexibility index (Phi) is 5.31. The maximum atomic E-state index is 5.82. The lowest BCUT2D eigenvalue weighted by Crippen LogP contribution is -2.07. The van der Waals surface area contributed by atoms with Gasteiger partial charge in [-0.25, -0.2) is 0 Å². The quantitative estimate of drug-likeness (QED) is 0.812. The summed E-state index contributed by atoms with van der Waals surface area (Å²) in [6.45, 7) is 0.603. The lowest BCUT2D eigenvalue weighted by atomic mass is 10.3. The van der Waals surface area contributed by atoms with Gasteiger partial charge in [-0.2, -0.15) is 0 Å². The van der Waals surface area contributed by atoms with Crippen LogP contribution in [0.2, 0.25) is 0 Å². The minimum Gasteiger partial charge on any atom is -0.329 e. The molecule has 0 saturated heterocycles. The van der Waals surface area contributed by atoms with E-state index in [1.165, 1.54) is 4.88 Å². The summed E-state index contributed by atoms with van der Waals surface area (Å²) < 4.78 is 3.11. The molecule has 92 valence electrons. The van der Waals surface area contributed by atoms with Gasteiger partial charge in [-0.05, 0) is 34.3 Å². The van der Waals surface area contributed by atoms with Crippen LogP contribution in [0.5, 0.6) is 0 Å². The van der Waals surface area contributed by atoms with Crippen LogP contribution >= 0.6 is 62.1 Å². The molecule has 0 aliphatic carbocycles. The van der Waals surface area contributed by atoms with Gasteiger partial charge < -0.3 is 5.73 Å². The molecule has 0 aromatic carbocycles. The molecular formula is C9H10BrN3S4. The Hall–Kier alpha value is 0.400. The fourth-order valence-electron chi connectivity index (χ4n) is 1.17. The third kappa shape index (κ3) is 3.68. The van der Waals surface area contributed by atoms with E-state index in [1.807, 2.05) is 6.26 Å². The molecule has 3 nitrogen and oxygen atoms in total. The molecule has 0 saturated carbocycles. The number of aromatic nitrogens is 2. The van der Waals surface area contributed by atoms with E-state index in [2.05, 4.69) is 38.3 Å². The molecule has 2 rings (SSSR count). The summed E-state index contributed by atoms with van der Waals surface area (Å²) in [5, 5.41) is 8.50. The van der Waals surface area contributed by atoms with Crippen molar-refractivity contribution in [1.82, 2.24) is 10.2 Å². The van der Waals surface area contributed by atoms with E-state index >= 15 is 0 Å². The van der Waals surface area contributed by atoms with Crippen molar-refractivity contribution in [2.75, 3.05) is 12.8 Å². The Balaban J connectivity index is 2.09. The second-order valence-corrected chi connectivity index (χ2v) is 9.00. The van der Waals surface area contributed by atoms with E-state index in [9.17, 15) is 0 Å². The molecule has 0 bridgehead atoms. The number of halogens is 1. The fourth-order valence-corrected chi connectivity index (χ4v) is 5.44. The maximum absolute atomic E-state index is 5.82. The van der Waals surface area contributed by atoms with Crippen LogP contribution in [-0.2, 0) is 0 Å². The standard InChI is InChI=1S/C9H10BrN3S4/c1-14-8-12-13-9(17-8)16-6(4-11)5-2-3-7(10)15-5/h2-3,6H,4,11H2,1H3. The molecule has 0 fully saturated rings. The highest BCUT2D eigenvalue weighted by Gasteiger charge is 2.16. The molecule has 0 spiro atoms. The van der Waals surface area contributed by atoms with Gasteiger partial charge in [-0.15, -0.1) is 21.5 Å². The van der Waals surface area contributed by atoms with E-state index in [4.69, 9.17) is 5.73 Å². The fraction of sp³-hybridized carbons (Fsp3) is 0.333. The van der Waals surface area contributed by atoms with Crippen molar-refractivity contribution in [1.29, 1.82) is 0 Å². The number of hydrogen-bond acceptors (Lipinski definition) is 7. The number of nitrogens with zero attached hydrogens (tertiary/aromatic N) is 2. The van der Waals surface area contributed by atoms with E-state index in [-0.39, 0.29) is 5.25 Å². The number of nitrogens with two attached hydrogens (primary N) is 1. The third-order valence-electron chi connectivity index (χ3n) is 1.93. The van der Waals surface area contributed by atoms with Gasteiger partial charge in [0.15, 0.2) is 8.68 Å². The zero-order chi connectivity index (χ0) is 12.3. The normalized spacial score (nSPS) is 12.9. The zero-order valence-corrected chi connectivity index (χ0v) is 13.8. The second-order valence-electron chi connectivity index (χ2n) is 3.02. The van der Waals surface area contributed by atoms with Crippen LogP contribution in [0.25, 0.3) is 0 Å².